The minimum Gasteiger partial charge on any atom is -0.353 e. The van der Waals surface area contributed by atoms with Gasteiger partial charge >= 0.3 is 12.4 Å². The number of halogens is 6. The highest BCUT2D eigenvalue weighted by Crippen LogP contribution is 2.35. The van der Waals surface area contributed by atoms with Crippen LogP contribution in [0, 0.1) is 0 Å². The molecule has 0 aliphatic heterocycles. The molecule has 0 rings (SSSR count). The van der Waals surface area contributed by atoms with Crippen LogP contribution in [-0.4, -0.2) is 44.1 Å². The summed E-state index contributed by atoms with van der Waals surface area (Å²) in [7, 11) is 0. The van der Waals surface area contributed by atoms with E-state index in [1.165, 1.54) is 0 Å². The van der Waals surface area contributed by atoms with E-state index in [0.717, 1.165) is 0 Å². The summed E-state index contributed by atoms with van der Waals surface area (Å²) >= 11 is 0. The third-order valence-electron chi connectivity index (χ3n) is 1.44. The standard InChI is InChI=1S/C7H10F6N2O2/c8-6(9,10)5(7(11,12)13)17-3-4(16)15-2-1-14/h5H,1-3,14H2,(H,15,16). The zero-order valence-corrected chi connectivity index (χ0v) is 8.36. The van der Waals surface area contributed by atoms with Crippen molar-refractivity contribution < 1.29 is 35.9 Å². The van der Waals surface area contributed by atoms with Gasteiger partial charge in [-0.3, -0.25) is 4.79 Å². The second-order valence-corrected chi connectivity index (χ2v) is 2.91. The Morgan fingerprint density at radius 2 is 1.65 bits per heavy atom. The molecule has 0 unspecified atom stereocenters. The average Bonchev–Trinajstić information content (AvgIpc) is 2.10. The molecule has 0 radical (unpaired) electrons. The number of alkyl halides is 6. The summed E-state index contributed by atoms with van der Waals surface area (Å²) in [6, 6.07) is 0. The van der Waals surface area contributed by atoms with Crippen LogP contribution in [0.1, 0.15) is 0 Å². The predicted octanol–water partition coefficient (Wildman–Crippen LogP) is 0.571. The van der Waals surface area contributed by atoms with Crippen molar-refractivity contribution in [2.75, 3.05) is 19.7 Å². The van der Waals surface area contributed by atoms with Crippen molar-refractivity contribution in [3.63, 3.8) is 0 Å². The molecule has 0 aromatic heterocycles. The van der Waals surface area contributed by atoms with E-state index in [-0.39, 0.29) is 13.1 Å². The van der Waals surface area contributed by atoms with Crippen LogP contribution >= 0.6 is 0 Å². The number of hydrogen-bond acceptors (Lipinski definition) is 3. The normalized spacial score (nSPS) is 12.9. The van der Waals surface area contributed by atoms with Crippen molar-refractivity contribution in [1.29, 1.82) is 0 Å². The second-order valence-electron chi connectivity index (χ2n) is 2.91. The summed E-state index contributed by atoms with van der Waals surface area (Å²) < 4.78 is 75.1. The summed E-state index contributed by atoms with van der Waals surface area (Å²) in [4.78, 5) is 10.7. The number of nitrogens with two attached hydrogens (primary N) is 1. The minimum atomic E-state index is -5.62. The molecule has 102 valence electrons. The Hall–Kier alpha value is -1.03. The molecule has 10 heteroatoms. The number of hydrogen-bond donors (Lipinski definition) is 2. The molecule has 0 atom stereocenters. The first kappa shape index (κ1) is 16.0. The quantitative estimate of drug-likeness (QED) is 0.716. The van der Waals surface area contributed by atoms with Gasteiger partial charge in [0, 0.05) is 13.1 Å². The summed E-state index contributed by atoms with van der Waals surface area (Å²) in [6.07, 6.45) is -15.2. The molecule has 0 spiro atoms. The molecule has 0 aliphatic carbocycles. The van der Waals surface area contributed by atoms with E-state index < -0.39 is 31.0 Å². The van der Waals surface area contributed by atoms with E-state index in [2.05, 4.69) is 4.74 Å². The summed E-state index contributed by atoms with van der Waals surface area (Å²) in [5, 5.41) is 1.97. The lowest BCUT2D eigenvalue weighted by atomic mass is 10.3. The van der Waals surface area contributed by atoms with Gasteiger partial charge in [0.15, 0.2) is 0 Å². The molecule has 0 bridgehead atoms. The van der Waals surface area contributed by atoms with Gasteiger partial charge in [-0.2, -0.15) is 26.3 Å². The first-order valence-electron chi connectivity index (χ1n) is 4.31. The molecular formula is C7H10F6N2O2. The maximum Gasteiger partial charge on any atom is 0.423 e. The highest BCUT2D eigenvalue weighted by molar-refractivity contribution is 5.77. The van der Waals surface area contributed by atoms with Crippen molar-refractivity contribution in [2.45, 2.75) is 18.5 Å². The molecule has 1 amide bonds. The Bertz CT molecular complexity index is 238. The van der Waals surface area contributed by atoms with Crippen LogP contribution in [-0.2, 0) is 9.53 Å². The van der Waals surface area contributed by atoms with E-state index >= 15 is 0 Å². The lowest BCUT2D eigenvalue weighted by Gasteiger charge is -2.22. The molecule has 0 fully saturated rings. The predicted molar refractivity (Wildman–Crippen MR) is 43.9 cm³/mol. The molecule has 0 aromatic carbocycles. The number of nitrogens with one attached hydrogen (secondary N) is 1. The van der Waals surface area contributed by atoms with Crippen LogP contribution in [0.15, 0.2) is 0 Å². The number of ether oxygens (including phenoxy) is 1. The third kappa shape index (κ3) is 6.31. The highest BCUT2D eigenvalue weighted by atomic mass is 19.4. The fourth-order valence-corrected chi connectivity index (χ4v) is 0.796. The number of rotatable bonds is 5. The van der Waals surface area contributed by atoms with Crippen molar-refractivity contribution in [3.05, 3.63) is 0 Å². The fraction of sp³-hybridized carbons (Fsp3) is 0.857. The van der Waals surface area contributed by atoms with Crippen LogP contribution in [0.3, 0.4) is 0 Å². The third-order valence-corrected chi connectivity index (χ3v) is 1.44. The maximum absolute atomic E-state index is 11.9. The first-order valence-corrected chi connectivity index (χ1v) is 4.31. The van der Waals surface area contributed by atoms with Crippen molar-refractivity contribution >= 4 is 5.91 Å². The van der Waals surface area contributed by atoms with Crippen LogP contribution in [0.4, 0.5) is 26.3 Å². The van der Waals surface area contributed by atoms with Crippen LogP contribution in [0.2, 0.25) is 0 Å². The zero-order valence-electron chi connectivity index (χ0n) is 8.36. The molecule has 3 N–H and O–H groups in total. The number of carbonyl (C=O) groups is 1. The average molecular weight is 268 g/mol. The maximum atomic E-state index is 11.9. The van der Waals surface area contributed by atoms with E-state index in [1.54, 1.807) is 0 Å². The van der Waals surface area contributed by atoms with Crippen molar-refractivity contribution in [3.8, 4) is 0 Å². The topological polar surface area (TPSA) is 64.3 Å². The van der Waals surface area contributed by atoms with E-state index in [4.69, 9.17) is 5.73 Å². The largest absolute Gasteiger partial charge is 0.423 e. The van der Waals surface area contributed by atoms with Gasteiger partial charge < -0.3 is 15.8 Å². The van der Waals surface area contributed by atoms with Gasteiger partial charge in [-0.1, -0.05) is 0 Å². The smallest absolute Gasteiger partial charge is 0.353 e. The SMILES string of the molecule is NCCNC(=O)COC(C(F)(F)F)C(F)(F)F. The fourth-order valence-electron chi connectivity index (χ4n) is 0.796. The number of carbonyl (C=O) groups excluding carboxylic acids is 1. The Balaban J connectivity index is 4.34. The number of amides is 1. The molecule has 4 nitrogen and oxygen atoms in total. The van der Waals surface area contributed by atoms with Gasteiger partial charge in [-0.25, -0.2) is 0 Å². The summed E-state index contributed by atoms with van der Waals surface area (Å²) in [5.41, 5.74) is 4.96. The lowest BCUT2D eigenvalue weighted by Crippen LogP contribution is -2.46. The Morgan fingerprint density at radius 1 is 1.18 bits per heavy atom. The van der Waals surface area contributed by atoms with Crippen molar-refractivity contribution in [1.82, 2.24) is 5.32 Å². The van der Waals surface area contributed by atoms with Crippen LogP contribution in [0.25, 0.3) is 0 Å². The van der Waals surface area contributed by atoms with E-state index in [1.807, 2.05) is 5.32 Å². The van der Waals surface area contributed by atoms with Crippen LogP contribution in [0.5, 0.6) is 0 Å². The van der Waals surface area contributed by atoms with E-state index in [9.17, 15) is 31.1 Å². The molecule has 17 heavy (non-hydrogen) atoms. The molecule has 0 aliphatic rings. The monoisotopic (exact) mass is 268 g/mol. The summed E-state index contributed by atoms with van der Waals surface area (Å²) in [6.45, 7) is -1.40. The summed E-state index contributed by atoms with van der Waals surface area (Å²) in [5.74, 6) is -1.10. The van der Waals surface area contributed by atoms with Crippen molar-refractivity contribution in [2.24, 2.45) is 5.73 Å². The minimum absolute atomic E-state index is 0.00765. The Morgan fingerprint density at radius 3 is 2.00 bits per heavy atom. The van der Waals surface area contributed by atoms with Gasteiger partial charge in [-0.05, 0) is 0 Å². The first-order chi connectivity index (χ1) is 7.59. The Kier molecular flexibility index (Phi) is 5.69. The van der Waals surface area contributed by atoms with E-state index in [0.29, 0.717) is 0 Å². The lowest BCUT2D eigenvalue weighted by molar-refractivity contribution is -0.319. The van der Waals surface area contributed by atoms with Gasteiger partial charge in [0.2, 0.25) is 12.0 Å². The second kappa shape index (κ2) is 6.05. The molecular weight excluding hydrogens is 258 g/mol. The Labute approximate surface area is 92.1 Å². The molecule has 0 saturated heterocycles. The molecule has 0 saturated carbocycles. The molecule has 0 aromatic rings. The van der Waals surface area contributed by atoms with Gasteiger partial charge in [0.05, 0.1) is 0 Å². The zero-order chi connectivity index (χ0) is 13.7. The van der Waals surface area contributed by atoms with Gasteiger partial charge in [0.1, 0.15) is 6.61 Å². The van der Waals surface area contributed by atoms with Crippen LogP contribution < -0.4 is 11.1 Å². The van der Waals surface area contributed by atoms with Gasteiger partial charge in [-0.15, -0.1) is 0 Å². The van der Waals surface area contributed by atoms with Gasteiger partial charge in [0.25, 0.3) is 0 Å². The highest BCUT2D eigenvalue weighted by Gasteiger charge is 2.58. The molecule has 0 heterocycles.